The topological polar surface area (TPSA) is 120 Å². The van der Waals surface area contributed by atoms with E-state index in [0.717, 1.165) is 18.4 Å². The molecule has 1 amide bonds. The van der Waals surface area contributed by atoms with Crippen LogP contribution in [0.2, 0.25) is 0 Å². The Balaban J connectivity index is 1.94. The highest BCUT2D eigenvalue weighted by atomic mass is 32.2. The normalized spacial score (nSPS) is 11.9. The molecule has 5 N–H and O–H groups in total. The van der Waals surface area contributed by atoms with Crippen molar-refractivity contribution in [1.82, 2.24) is 20.3 Å². The van der Waals surface area contributed by atoms with Crippen LogP contribution in [0.5, 0.6) is 0 Å². The van der Waals surface area contributed by atoms with Gasteiger partial charge in [0.2, 0.25) is 17.8 Å². The lowest BCUT2D eigenvalue weighted by Crippen LogP contribution is -2.30. The van der Waals surface area contributed by atoms with Gasteiger partial charge in [0.15, 0.2) is 5.16 Å². The largest absolute Gasteiger partial charge is 0.368 e. The summed E-state index contributed by atoms with van der Waals surface area (Å²) in [6.07, 6.45) is 1.86. The van der Waals surface area contributed by atoms with Crippen molar-refractivity contribution >= 4 is 29.6 Å². The third kappa shape index (κ3) is 5.41. The molecule has 2 aromatic rings. The number of hydrogen-bond donors (Lipinski definition) is 3. The second-order valence-electron chi connectivity index (χ2n) is 4.94. The Morgan fingerprint density at radius 3 is 2.43 bits per heavy atom. The fraction of sp³-hybridized carbons (Fsp3) is 0.333. The van der Waals surface area contributed by atoms with E-state index < -0.39 is 0 Å². The van der Waals surface area contributed by atoms with Crippen LogP contribution in [0.25, 0.3) is 0 Å². The molecule has 7 nitrogen and oxygen atoms in total. The summed E-state index contributed by atoms with van der Waals surface area (Å²) in [7, 11) is 0. The first-order valence-electron chi connectivity index (χ1n) is 7.32. The predicted molar refractivity (Wildman–Crippen MR) is 91.6 cm³/mol. The maximum absolute atomic E-state index is 12.2. The molecule has 0 aliphatic carbocycles. The molecular formula is C15H20N6OS. The number of aromatic nitrogens is 3. The van der Waals surface area contributed by atoms with Gasteiger partial charge in [-0.3, -0.25) is 4.79 Å². The molecule has 8 heteroatoms. The van der Waals surface area contributed by atoms with Crippen LogP contribution in [0.3, 0.4) is 0 Å². The Morgan fingerprint density at radius 1 is 1.17 bits per heavy atom. The average molecular weight is 332 g/mol. The Morgan fingerprint density at radius 2 is 1.83 bits per heavy atom. The fourth-order valence-corrected chi connectivity index (χ4v) is 2.77. The van der Waals surface area contributed by atoms with Gasteiger partial charge in [-0.25, -0.2) is 0 Å². The highest BCUT2D eigenvalue weighted by molar-refractivity contribution is 7.99. The molecule has 0 radical (unpaired) electrons. The van der Waals surface area contributed by atoms with Crippen molar-refractivity contribution in [3.8, 4) is 0 Å². The van der Waals surface area contributed by atoms with Crippen LogP contribution in [0, 0.1) is 0 Å². The molecule has 23 heavy (non-hydrogen) atoms. The second-order valence-corrected chi connectivity index (χ2v) is 5.89. The summed E-state index contributed by atoms with van der Waals surface area (Å²) < 4.78 is 0. The van der Waals surface area contributed by atoms with E-state index in [4.69, 9.17) is 11.5 Å². The molecule has 1 atom stereocenters. The summed E-state index contributed by atoms with van der Waals surface area (Å²) in [6, 6.07) is 9.93. The minimum atomic E-state index is -0.0881. The number of carbonyl (C=O) groups excluding carboxylic acids is 1. The SMILES string of the molecule is CCC[C@@H](NC(=O)CSc1nc(N)nc(N)n1)c1ccccc1. The van der Waals surface area contributed by atoms with Gasteiger partial charge in [0, 0.05) is 0 Å². The highest BCUT2D eigenvalue weighted by Crippen LogP contribution is 2.19. The third-order valence-corrected chi connectivity index (χ3v) is 3.94. The van der Waals surface area contributed by atoms with E-state index in [0.29, 0.717) is 5.16 Å². The molecule has 1 aromatic carbocycles. The number of nitrogens with two attached hydrogens (primary N) is 2. The van der Waals surface area contributed by atoms with E-state index in [2.05, 4.69) is 27.2 Å². The first-order valence-corrected chi connectivity index (χ1v) is 8.31. The first-order chi connectivity index (χ1) is 11.1. The summed E-state index contributed by atoms with van der Waals surface area (Å²) in [5, 5.41) is 3.38. The van der Waals surface area contributed by atoms with Crippen LogP contribution >= 0.6 is 11.8 Å². The standard InChI is InChI=1S/C15H20N6OS/c1-2-6-11(10-7-4-3-5-8-10)18-12(22)9-23-15-20-13(16)19-14(17)21-15/h3-5,7-8,11H,2,6,9H2,1H3,(H,18,22)(H4,16,17,19,20,21)/t11-/m1/s1. The van der Waals surface area contributed by atoms with Gasteiger partial charge in [0.25, 0.3) is 0 Å². The number of anilines is 2. The number of carbonyl (C=O) groups is 1. The molecule has 0 bridgehead atoms. The van der Waals surface area contributed by atoms with Gasteiger partial charge in [0.1, 0.15) is 0 Å². The van der Waals surface area contributed by atoms with Crippen molar-refractivity contribution < 1.29 is 4.79 Å². The lowest BCUT2D eigenvalue weighted by atomic mass is 10.0. The first kappa shape index (κ1) is 17.0. The minimum Gasteiger partial charge on any atom is -0.368 e. The van der Waals surface area contributed by atoms with Gasteiger partial charge in [-0.2, -0.15) is 15.0 Å². The average Bonchev–Trinajstić information content (AvgIpc) is 2.52. The van der Waals surface area contributed by atoms with E-state index in [-0.39, 0.29) is 29.6 Å². The molecule has 122 valence electrons. The number of thioether (sulfide) groups is 1. The van der Waals surface area contributed by atoms with E-state index >= 15 is 0 Å². The molecule has 0 saturated carbocycles. The third-order valence-electron chi connectivity index (χ3n) is 3.10. The van der Waals surface area contributed by atoms with Gasteiger partial charge in [0.05, 0.1) is 11.8 Å². The Labute approximate surface area is 139 Å². The van der Waals surface area contributed by atoms with E-state index in [1.165, 1.54) is 11.8 Å². The van der Waals surface area contributed by atoms with Crippen molar-refractivity contribution in [2.24, 2.45) is 0 Å². The molecule has 0 spiro atoms. The Hall–Kier alpha value is -2.35. The van der Waals surface area contributed by atoms with Crippen LogP contribution < -0.4 is 16.8 Å². The van der Waals surface area contributed by atoms with Gasteiger partial charge in [-0.15, -0.1) is 0 Å². The number of hydrogen-bond acceptors (Lipinski definition) is 7. The quantitative estimate of drug-likeness (QED) is 0.661. The number of nitrogens with zero attached hydrogens (tertiary/aromatic N) is 3. The second kappa shape index (κ2) is 8.33. The predicted octanol–water partition coefficient (Wildman–Crippen LogP) is 1.79. The molecular weight excluding hydrogens is 312 g/mol. The zero-order valence-corrected chi connectivity index (χ0v) is 13.7. The highest BCUT2D eigenvalue weighted by Gasteiger charge is 2.14. The monoisotopic (exact) mass is 332 g/mol. The van der Waals surface area contributed by atoms with Crippen molar-refractivity contribution in [2.45, 2.75) is 31.0 Å². The molecule has 0 saturated heterocycles. The molecule has 1 heterocycles. The van der Waals surface area contributed by atoms with Crippen molar-refractivity contribution in [3.05, 3.63) is 35.9 Å². The van der Waals surface area contributed by atoms with E-state index in [1.807, 2.05) is 30.3 Å². The van der Waals surface area contributed by atoms with Gasteiger partial charge >= 0.3 is 0 Å². The molecule has 2 rings (SSSR count). The number of nitrogens with one attached hydrogen (secondary N) is 1. The number of rotatable bonds is 7. The lowest BCUT2D eigenvalue weighted by molar-refractivity contribution is -0.119. The van der Waals surface area contributed by atoms with Crippen molar-refractivity contribution in [2.75, 3.05) is 17.2 Å². The maximum atomic E-state index is 12.2. The van der Waals surface area contributed by atoms with E-state index in [9.17, 15) is 4.79 Å². The lowest BCUT2D eigenvalue weighted by Gasteiger charge is -2.18. The van der Waals surface area contributed by atoms with Crippen LogP contribution in [0.15, 0.2) is 35.5 Å². The molecule has 0 aliphatic rings. The maximum Gasteiger partial charge on any atom is 0.230 e. The van der Waals surface area contributed by atoms with Gasteiger partial charge in [-0.05, 0) is 12.0 Å². The zero-order chi connectivity index (χ0) is 16.7. The summed E-state index contributed by atoms with van der Waals surface area (Å²) in [6.45, 7) is 2.09. The molecule has 0 unspecified atom stereocenters. The summed E-state index contributed by atoms with van der Waals surface area (Å²) >= 11 is 1.18. The van der Waals surface area contributed by atoms with Crippen LogP contribution in [0.1, 0.15) is 31.4 Å². The molecule has 1 aromatic heterocycles. The van der Waals surface area contributed by atoms with Crippen LogP contribution in [0.4, 0.5) is 11.9 Å². The van der Waals surface area contributed by atoms with Crippen LogP contribution in [-0.4, -0.2) is 26.6 Å². The molecule has 0 fully saturated rings. The van der Waals surface area contributed by atoms with E-state index in [1.54, 1.807) is 0 Å². The smallest absolute Gasteiger partial charge is 0.230 e. The summed E-state index contributed by atoms with van der Waals surface area (Å²) in [4.78, 5) is 23.7. The van der Waals surface area contributed by atoms with Gasteiger partial charge in [-0.1, -0.05) is 55.4 Å². The van der Waals surface area contributed by atoms with Crippen LogP contribution in [-0.2, 0) is 4.79 Å². The van der Waals surface area contributed by atoms with Crippen molar-refractivity contribution in [1.29, 1.82) is 0 Å². The Kier molecular flexibility index (Phi) is 6.16. The van der Waals surface area contributed by atoms with Gasteiger partial charge < -0.3 is 16.8 Å². The number of benzene rings is 1. The minimum absolute atomic E-state index is 0.00259. The fourth-order valence-electron chi connectivity index (χ4n) is 2.12. The summed E-state index contributed by atoms with van der Waals surface area (Å²) in [5.41, 5.74) is 12.1. The Bertz CT molecular complexity index is 631. The zero-order valence-electron chi connectivity index (χ0n) is 12.9. The number of nitrogen functional groups attached to an aromatic ring is 2. The van der Waals surface area contributed by atoms with Crippen molar-refractivity contribution in [3.63, 3.8) is 0 Å². The molecule has 0 aliphatic heterocycles. The summed E-state index contributed by atoms with van der Waals surface area (Å²) in [5.74, 6) is 0.201. The number of amides is 1.